The molecule has 0 aromatic heterocycles. The Balaban J connectivity index is 0. The molecule has 0 aliphatic rings. The SMILES string of the molecule is CCCCCOP(=O)(O)OCCCCC.[NaH]. The Hall–Kier alpha value is 1.11. The number of unbranched alkanes of at least 4 members (excludes halogenated alkanes) is 4. The Morgan fingerprint density at radius 3 is 1.62 bits per heavy atom. The molecule has 16 heavy (non-hydrogen) atoms. The summed E-state index contributed by atoms with van der Waals surface area (Å²) in [6.45, 7) is 4.74. The quantitative estimate of drug-likeness (QED) is 0.373. The van der Waals surface area contributed by atoms with Crippen molar-refractivity contribution in [2.45, 2.75) is 52.4 Å². The van der Waals surface area contributed by atoms with E-state index in [0.717, 1.165) is 38.5 Å². The fourth-order valence-electron chi connectivity index (χ4n) is 1.10. The molecule has 0 aromatic rings. The molecule has 0 aliphatic heterocycles. The zero-order chi connectivity index (χ0) is 11.6. The van der Waals surface area contributed by atoms with Gasteiger partial charge in [0.1, 0.15) is 0 Å². The molecule has 1 N–H and O–H groups in total. The number of rotatable bonds is 10. The van der Waals surface area contributed by atoms with Crippen molar-refractivity contribution in [3.8, 4) is 0 Å². The van der Waals surface area contributed by atoms with Crippen LogP contribution < -0.4 is 0 Å². The van der Waals surface area contributed by atoms with E-state index in [9.17, 15) is 9.46 Å². The molecule has 0 rings (SSSR count). The topological polar surface area (TPSA) is 55.8 Å². The Kier molecular flexibility index (Phi) is 15.3. The van der Waals surface area contributed by atoms with E-state index in [-0.39, 0.29) is 29.6 Å². The molecule has 0 saturated carbocycles. The van der Waals surface area contributed by atoms with Crippen LogP contribution in [0.5, 0.6) is 0 Å². The average Bonchev–Trinajstić information content (AvgIpc) is 2.20. The molecule has 6 heteroatoms. The third-order valence-electron chi connectivity index (χ3n) is 2.00. The summed E-state index contributed by atoms with van der Waals surface area (Å²) in [5.41, 5.74) is 0. The molecule has 94 valence electrons. The summed E-state index contributed by atoms with van der Waals surface area (Å²) in [4.78, 5) is 9.22. The van der Waals surface area contributed by atoms with Crippen LogP contribution in [0, 0.1) is 0 Å². The summed E-state index contributed by atoms with van der Waals surface area (Å²) in [5, 5.41) is 0. The Morgan fingerprint density at radius 2 is 1.31 bits per heavy atom. The van der Waals surface area contributed by atoms with Gasteiger partial charge in [-0.25, -0.2) is 4.57 Å². The molecule has 0 heterocycles. The minimum absolute atomic E-state index is 0. The summed E-state index contributed by atoms with van der Waals surface area (Å²) in [5.74, 6) is 0. The van der Waals surface area contributed by atoms with Gasteiger partial charge in [-0.15, -0.1) is 0 Å². The molecule has 0 fully saturated rings. The van der Waals surface area contributed by atoms with Crippen molar-refractivity contribution in [3.63, 3.8) is 0 Å². The molecular weight excluding hydrogens is 238 g/mol. The van der Waals surface area contributed by atoms with E-state index in [4.69, 9.17) is 9.05 Å². The van der Waals surface area contributed by atoms with Crippen molar-refractivity contribution in [1.29, 1.82) is 0 Å². The van der Waals surface area contributed by atoms with Crippen LogP contribution in [0.1, 0.15) is 52.4 Å². The number of hydrogen-bond acceptors (Lipinski definition) is 3. The molecule has 0 saturated heterocycles. The van der Waals surface area contributed by atoms with Crippen LogP contribution >= 0.6 is 7.82 Å². The zero-order valence-electron chi connectivity index (χ0n) is 9.78. The summed E-state index contributed by atoms with van der Waals surface area (Å²) in [7, 11) is -3.77. The van der Waals surface area contributed by atoms with Crippen LogP contribution in [0.3, 0.4) is 0 Å². The number of hydrogen-bond donors (Lipinski definition) is 1. The van der Waals surface area contributed by atoms with Gasteiger partial charge in [0, 0.05) is 0 Å². The van der Waals surface area contributed by atoms with Crippen LogP contribution in [0.25, 0.3) is 0 Å². The molecule has 4 nitrogen and oxygen atoms in total. The molecule has 0 atom stereocenters. The van der Waals surface area contributed by atoms with Crippen molar-refractivity contribution in [3.05, 3.63) is 0 Å². The summed E-state index contributed by atoms with van der Waals surface area (Å²) < 4.78 is 20.9. The van der Waals surface area contributed by atoms with Crippen molar-refractivity contribution in [1.82, 2.24) is 0 Å². The van der Waals surface area contributed by atoms with Crippen LogP contribution in [-0.4, -0.2) is 47.7 Å². The monoisotopic (exact) mass is 262 g/mol. The van der Waals surface area contributed by atoms with Crippen LogP contribution in [0.4, 0.5) is 0 Å². The molecule has 0 aliphatic carbocycles. The number of phosphoric acid groups is 1. The van der Waals surface area contributed by atoms with Gasteiger partial charge in [-0.3, -0.25) is 9.05 Å². The first-order chi connectivity index (χ1) is 7.12. The first kappa shape index (κ1) is 19.4. The van der Waals surface area contributed by atoms with Crippen molar-refractivity contribution in [2.75, 3.05) is 13.2 Å². The second-order valence-electron chi connectivity index (χ2n) is 3.55. The Morgan fingerprint density at radius 1 is 0.938 bits per heavy atom. The van der Waals surface area contributed by atoms with E-state index < -0.39 is 7.82 Å². The van der Waals surface area contributed by atoms with Gasteiger partial charge >= 0.3 is 37.4 Å². The molecule has 0 unspecified atom stereocenters. The van der Waals surface area contributed by atoms with Gasteiger partial charge in [0.25, 0.3) is 0 Å². The normalized spacial score (nSPS) is 11.2. The Bertz CT molecular complexity index is 174. The van der Waals surface area contributed by atoms with Gasteiger partial charge in [-0.1, -0.05) is 39.5 Å². The van der Waals surface area contributed by atoms with Gasteiger partial charge in [0.2, 0.25) is 0 Å². The predicted octanol–water partition coefficient (Wildman–Crippen LogP) is 2.85. The third kappa shape index (κ3) is 13.2. The van der Waals surface area contributed by atoms with E-state index in [1.54, 1.807) is 0 Å². The molecule has 0 aromatic carbocycles. The van der Waals surface area contributed by atoms with Crippen molar-refractivity contribution in [2.24, 2.45) is 0 Å². The Labute approximate surface area is 121 Å². The summed E-state index contributed by atoms with van der Waals surface area (Å²) in [6.07, 6.45) is 5.76. The minimum atomic E-state index is -3.77. The van der Waals surface area contributed by atoms with Gasteiger partial charge in [0.05, 0.1) is 13.2 Å². The maximum absolute atomic E-state index is 11.3. The average molecular weight is 262 g/mol. The predicted molar refractivity (Wildman–Crippen MR) is 67.9 cm³/mol. The fraction of sp³-hybridized carbons (Fsp3) is 1.00. The van der Waals surface area contributed by atoms with E-state index in [1.807, 2.05) is 0 Å². The fourth-order valence-corrected chi connectivity index (χ4v) is 1.90. The maximum atomic E-state index is 11.3. The van der Waals surface area contributed by atoms with Gasteiger partial charge in [-0.05, 0) is 12.8 Å². The standard InChI is InChI=1S/C10H23O4P.Na.H/c1-3-5-7-9-13-15(11,12)14-10-8-6-4-2;;/h3-10H2,1-2H3,(H,11,12);;. The molecule has 0 spiro atoms. The second-order valence-corrected chi connectivity index (χ2v) is 5.00. The van der Waals surface area contributed by atoms with E-state index in [2.05, 4.69) is 13.8 Å². The summed E-state index contributed by atoms with van der Waals surface area (Å²) in [6, 6.07) is 0. The van der Waals surface area contributed by atoms with Gasteiger partial charge < -0.3 is 4.89 Å². The first-order valence-corrected chi connectivity index (χ1v) is 7.23. The molecule has 0 bridgehead atoms. The molecular formula is C10H24NaO4P. The second kappa shape index (κ2) is 12.6. The zero-order valence-corrected chi connectivity index (χ0v) is 10.7. The van der Waals surface area contributed by atoms with Crippen LogP contribution in [0.2, 0.25) is 0 Å². The molecule has 0 amide bonds. The van der Waals surface area contributed by atoms with E-state index in [0.29, 0.717) is 13.2 Å². The number of phosphoric ester groups is 1. The van der Waals surface area contributed by atoms with Crippen LogP contribution in [-0.2, 0) is 13.6 Å². The third-order valence-corrected chi connectivity index (χ3v) is 3.02. The van der Waals surface area contributed by atoms with Gasteiger partial charge in [0.15, 0.2) is 0 Å². The van der Waals surface area contributed by atoms with Crippen molar-refractivity contribution >= 4 is 37.4 Å². The van der Waals surface area contributed by atoms with Crippen LogP contribution in [0.15, 0.2) is 0 Å². The van der Waals surface area contributed by atoms with Crippen molar-refractivity contribution < 1.29 is 18.5 Å². The summed E-state index contributed by atoms with van der Waals surface area (Å²) >= 11 is 0. The first-order valence-electron chi connectivity index (χ1n) is 5.74. The molecule has 0 radical (unpaired) electrons. The van der Waals surface area contributed by atoms with E-state index >= 15 is 0 Å². The van der Waals surface area contributed by atoms with Gasteiger partial charge in [-0.2, -0.15) is 0 Å². The van der Waals surface area contributed by atoms with E-state index in [1.165, 1.54) is 0 Å².